The van der Waals surface area contributed by atoms with Crippen molar-refractivity contribution < 1.29 is 33.8 Å². The van der Waals surface area contributed by atoms with Gasteiger partial charge in [0.2, 0.25) is 12.7 Å². The molecule has 1 N–H and O–H groups in total. The third-order valence-electron chi connectivity index (χ3n) is 5.31. The Labute approximate surface area is 194 Å². The Morgan fingerprint density at radius 3 is 2.33 bits per heavy atom. The number of amides is 1. The molecule has 0 aromatic heterocycles. The highest BCUT2D eigenvalue weighted by Crippen LogP contribution is 2.26. The van der Waals surface area contributed by atoms with Crippen LogP contribution < -0.4 is 4.74 Å². The van der Waals surface area contributed by atoms with Crippen molar-refractivity contribution in [2.75, 3.05) is 13.7 Å². The number of carboxylic acids is 1. The molecule has 3 atom stereocenters. The summed E-state index contributed by atoms with van der Waals surface area (Å²) in [6, 6.07) is 11.4. The summed E-state index contributed by atoms with van der Waals surface area (Å²) in [6.07, 6.45) is 0.00391. The second-order valence-corrected chi connectivity index (χ2v) is 8.60. The lowest BCUT2D eigenvalue weighted by molar-refractivity contribution is -0.255. The fraction of sp³-hybridized carbons (Fsp3) is 0.480. The number of carboxylic acid groups (broad SMARTS) is 1. The van der Waals surface area contributed by atoms with Crippen molar-refractivity contribution in [3.63, 3.8) is 0 Å². The minimum atomic E-state index is -1.01. The van der Waals surface area contributed by atoms with E-state index in [4.69, 9.17) is 19.4 Å². The van der Waals surface area contributed by atoms with Gasteiger partial charge >= 0.3 is 11.9 Å². The monoisotopic (exact) mass is 459 g/mol. The van der Waals surface area contributed by atoms with E-state index in [1.54, 1.807) is 14.0 Å². The van der Waals surface area contributed by atoms with Gasteiger partial charge in [-0.25, -0.2) is 9.90 Å². The van der Waals surface area contributed by atoms with Crippen molar-refractivity contribution in [1.82, 2.24) is 5.06 Å². The second-order valence-electron chi connectivity index (χ2n) is 8.60. The molecular weight excluding hydrogens is 426 g/mol. The maximum atomic E-state index is 12.7. The molecule has 2 aromatic carbocycles. The number of hydrogen-bond acceptors (Lipinski definition) is 6. The van der Waals surface area contributed by atoms with E-state index in [1.807, 2.05) is 50.2 Å². The summed E-state index contributed by atoms with van der Waals surface area (Å²) in [4.78, 5) is 40.7. The van der Waals surface area contributed by atoms with E-state index in [0.29, 0.717) is 12.8 Å². The molecule has 0 bridgehead atoms. The molecular formula is C25H33NO7. The van der Waals surface area contributed by atoms with E-state index in [2.05, 4.69) is 0 Å². The van der Waals surface area contributed by atoms with Crippen molar-refractivity contribution in [2.24, 2.45) is 11.8 Å². The molecule has 0 fully saturated rings. The Kier molecular flexibility index (Phi) is 9.66. The highest BCUT2D eigenvalue weighted by Gasteiger charge is 2.24. The van der Waals surface area contributed by atoms with E-state index in [-0.39, 0.29) is 24.8 Å². The van der Waals surface area contributed by atoms with E-state index in [1.165, 1.54) is 6.92 Å². The summed E-state index contributed by atoms with van der Waals surface area (Å²) in [5, 5.41) is 12.1. The summed E-state index contributed by atoms with van der Waals surface area (Å²) < 4.78 is 10.6. The van der Waals surface area contributed by atoms with Gasteiger partial charge in [-0.2, -0.15) is 0 Å². The van der Waals surface area contributed by atoms with E-state index in [0.717, 1.165) is 27.1 Å². The number of ether oxygens (including phenoxy) is 2. The van der Waals surface area contributed by atoms with Gasteiger partial charge in [-0.3, -0.25) is 14.4 Å². The van der Waals surface area contributed by atoms with Crippen LogP contribution in [-0.2, 0) is 24.0 Å². The van der Waals surface area contributed by atoms with Gasteiger partial charge in [0.15, 0.2) is 0 Å². The fourth-order valence-electron chi connectivity index (χ4n) is 3.75. The number of carbonyl (C=O) groups excluding carboxylic acids is 2. The van der Waals surface area contributed by atoms with Crippen molar-refractivity contribution in [3.05, 3.63) is 42.0 Å². The molecule has 0 aliphatic rings. The van der Waals surface area contributed by atoms with Crippen molar-refractivity contribution in [2.45, 2.75) is 52.7 Å². The number of fused-ring (bicyclic) bond motifs is 1. The Morgan fingerprint density at radius 2 is 1.73 bits per heavy atom. The molecule has 0 heterocycles. The van der Waals surface area contributed by atoms with Crippen LogP contribution in [0.4, 0.5) is 0 Å². The summed E-state index contributed by atoms with van der Waals surface area (Å²) in [5.74, 6) is -1.23. The van der Waals surface area contributed by atoms with Crippen LogP contribution in [0, 0.1) is 11.8 Å². The number of rotatable bonds is 13. The minimum Gasteiger partial charge on any atom is -0.497 e. The van der Waals surface area contributed by atoms with E-state index in [9.17, 15) is 14.4 Å². The molecule has 33 heavy (non-hydrogen) atoms. The molecule has 0 aliphatic heterocycles. The molecule has 0 radical (unpaired) electrons. The van der Waals surface area contributed by atoms with Gasteiger partial charge in [0.25, 0.3) is 0 Å². The quantitative estimate of drug-likeness (QED) is 0.205. The molecule has 2 rings (SSSR count). The number of hydroxylamine groups is 2. The summed E-state index contributed by atoms with van der Waals surface area (Å²) in [6.45, 7) is 7.32. The summed E-state index contributed by atoms with van der Waals surface area (Å²) >= 11 is 0. The topological polar surface area (TPSA) is 102 Å². The first-order valence-corrected chi connectivity index (χ1v) is 11.0. The molecule has 8 nitrogen and oxygen atoms in total. The number of esters is 1. The van der Waals surface area contributed by atoms with Crippen LogP contribution in [0.15, 0.2) is 36.4 Å². The molecule has 1 unspecified atom stereocenters. The van der Waals surface area contributed by atoms with Gasteiger partial charge in [-0.15, -0.1) is 0 Å². The summed E-state index contributed by atoms with van der Waals surface area (Å²) in [7, 11) is 1.61. The molecule has 180 valence electrons. The number of aliphatic carboxylic acids is 1. The zero-order valence-corrected chi connectivity index (χ0v) is 19.8. The van der Waals surface area contributed by atoms with Gasteiger partial charge in [0, 0.05) is 13.3 Å². The highest BCUT2D eigenvalue weighted by molar-refractivity contribution is 5.86. The molecule has 0 spiro atoms. The van der Waals surface area contributed by atoms with E-state index >= 15 is 0 Å². The maximum Gasteiger partial charge on any atom is 0.315 e. The van der Waals surface area contributed by atoms with Gasteiger partial charge < -0.3 is 14.6 Å². The van der Waals surface area contributed by atoms with Crippen LogP contribution in [0.2, 0.25) is 0 Å². The normalized spacial score (nSPS) is 13.9. The zero-order valence-electron chi connectivity index (χ0n) is 19.8. The number of hydrogen-bond donors (Lipinski definition) is 1. The molecule has 8 heteroatoms. The smallest absolute Gasteiger partial charge is 0.315 e. The Morgan fingerprint density at radius 1 is 1.06 bits per heavy atom. The average molecular weight is 460 g/mol. The predicted octanol–water partition coefficient (Wildman–Crippen LogP) is 4.37. The van der Waals surface area contributed by atoms with E-state index < -0.39 is 24.1 Å². The largest absolute Gasteiger partial charge is 0.497 e. The third kappa shape index (κ3) is 8.05. The SMILES string of the molecule is COc1ccc2cc([C@H](C)C(=O)OC(C)ON(C=O)C[C@H](CC(=O)O)CC(C)C)ccc2c1. The Balaban J connectivity index is 1.99. The number of nitrogens with zero attached hydrogens (tertiary/aromatic N) is 1. The molecule has 0 aliphatic carbocycles. The first kappa shape index (κ1) is 26.1. The van der Waals surface area contributed by atoms with Crippen LogP contribution in [0.5, 0.6) is 5.75 Å². The Bertz CT molecular complexity index is 959. The molecule has 2 aromatic rings. The van der Waals surface area contributed by atoms with Crippen LogP contribution >= 0.6 is 0 Å². The van der Waals surface area contributed by atoms with Crippen LogP contribution in [-0.4, -0.2) is 48.5 Å². The van der Waals surface area contributed by atoms with Crippen LogP contribution in [0.1, 0.15) is 52.0 Å². The fourth-order valence-corrected chi connectivity index (χ4v) is 3.75. The number of benzene rings is 2. The standard InChI is InChI=1S/C25H33NO7/c1-16(2)10-19(11-24(28)29)14-26(15-27)33-18(4)32-25(30)17(3)20-6-7-22-13-23(31-5)9-8-21(22)12-20/h6-9,12-13,15-19H,10-11,14H2,1-5H3,(H,28,29)/t17-,18?,19-/m0/s1. The predicted molar refractivity (Wildman–Crippen MR) is 124 cm³/mol. The third-order valence-corrected chi connectivity index (χ3v) is 5.31. The van der Waals surface area contributed by atoms with Gasteiger partial charge in [0.05, 0.1) is 19.6 Å². The first-order chi connectivity index (χ1) is 15.6. The van der Waals surface area contributed by atoms with Crippen molar-refractivity contribution >= 4 is 29.1 Å². The second kappa shape index (κ2) is 12.2. The first-order valence-electron chi connectivity index (χ1n) is 11.0. The van der Waals surface area contributed by atoms with Gasteiger partial charge in [-0.1, -0.05) is 38.1 Å². The number of carbonyl (C=O) groups is 3. The highest BCUT2D eigenvalue weighted by atomic mass is 16.8. The lowest BCUT2D eigenvalue weighted by Gasteiger charge is -2.26. The minimum absolute atomic E-state index is 0.0785. The molecule has 1 amide bonds. The van der Waals surface area contributed by atoms with Crippen molar-refractivity contribution in [3.8, 4) is 5.75 Å². The van der Waals surface area contributed by atoms with Gasteiger partial charge in [0.1, 0.15) is 5.75 Å². The molecule has 0 saturated carbocycles. The summed E-state index contributed by atoms with van der Waals surface area (Å²) in [5.41, 5.74) is 0.788. The van der Waals surface area contributed by atoms with Crippen LogP contribution in [0.25, 0.3) is 10.8 Å². The van der Waals surface area contributed by atoms with Crippen LogP contribution in [0.3, 0.4) is 0 Å². The van der Waals surface area contributed by atoms with Gasteiger partial charge in [-0.05, 0) is 53.6 Å². The zero-order chi connectivity index (χ0) is 24.5. The lowest BCUT2D eigenvalue weighted by Crippen LogP contribution is -2.35. The van der Waals surface area contributed by atoms with Crippen molar-refractivity contribution in [1.29, 1.82) is 0 Å². The Hall–Kier alpha value is -3.13. The average Bonchev–Trinajstić information content (AvgIpc) is 2.76. The lowest BCUT2D eigenvalue weighted by atomic mass is 9.94. The maximum absolute atomic E-state index is 12.7. The molecule has 0 saturated heterocycles. The number of methoxy groups -OCH3 is 1.